The molecular formula is C22H27Cl2NOS. The van der Waals surface area contributed by atoms with Crippen LogP contribution in [0, 0.1) is 0 Å². The van der Waals surface area contributed by atoms with Crippen molar-refractivity contribution in [3.63, 3.8) is 0 Å². The lowest BCUT2D eigenvalue weighted by atomic mass is 9.88. The molecule has 3 rings (SSSR count). The molecule has 0 heterocycles. The summed E-state index contributed by atoms with van der Waals surface area (Å²) >= 11 is 13.9. The smallest absolute Gasteiger partial charge is 0.117 e. The van der Waals surface area contributed by atoms with Gasteiger partial charge in [-0.3, -0.25) is 0 Å². The maximum atomic E-state index is 11.8. The second-order valence-corrected chi connectivity index (χ2v) is 9.54. The van der Waals surface area contributed by atoms with Gasteiger partial charge in [0.25, 0.3) is 0 Å². The quantitative estimate of drug-likeness (QED) is 0.457. The van der Waals surface area contributed by atoms with Gasteiger partial charge in [-0.1, -0.05) is 60.8 Å². The van der Waals surface area contributed by atoms with Gasteiger partial charge in [0.05, 0.1) is 4.75 Å². The predicted octanol–water partition coefficient (Wildman–Crippen LogP) is 6.04. The van der Waals surface area contributed by atoms with Crippen LogP contribution < -0.4 is 5.32 Å². The number of benzene rings is 2. The SMILES string of the molecule is CCCCNCC(O)(c1ccc(Cl)cc1)C1(SCc2ccc(Cl)cc2)CC1. The van der Waals surface area contributed by atoms with Gasteiger partial charge >= 0.3 is 0 Å². The van der Waals surface area contributed by atoms with E-state index in [9.17, 15) is 5.11 Å². The Morgan fingerprint density at radius 1 is 1.04 bits per heavy atom. The summed E-state index contributed by atoms with van der Waals surface area (Å²) in [4.78, 5) is 0. The average molecular weight is 424 g/mol. The molecule has 146 valence electrons. The van der Waals surface area contributed by atoms with E-state index in [1.165, 1.54) is 5.56 Å². The molecule has 2 aromatic carbocycles. The molecule has 0 amide bonds. The van der Waals surface area contributed by atoms with Crippen LogP contribution in [0.25, 0.3) is 0 Å². The van der Waals surface area contributed by atoms with Crippen molar-refractivity contribution in [3.05, 3.63) is 69.7 Å². The Bertz CT molecular complexity index is 731. The Hall–Kier alpha value is -0.710. The van der Waals surface area contributed by atoms with Crippen LogP contribution in [0.1, 0.15) is 43.7 Å². The van der Waals surface area contributed by atoms with Crippen molar-refractivity contribution in [2.45, 2.75) is 48.7 Å². The number of rotatable bonds is 10. The Morgan fingerprint density at radius 2 is 1.63 bits per heavy atom. The highest BCUT2D eigenvalue weighted by atomic mass is 35.5. The predicted molar refractivity (Wildman–Crippen MR) is 118 cm³/mol. The third-order valence-corrected chi connectivity index (χ3v) is 7.58. The topological polar surface area (TPSA) is 32.3 Å². The third kappa shape index (κ3) is 5.02. The van der Waals surface area contributed by atoms with Crippen molar-refractivity contribution in [1.82, 2.24) is 5.32 Å². The van der Waals surface area contributed by atoms with Crippen molar-refractivity contribution in [2.24, 2.45) is 0 Å². The van der Waals surface area contributed by atoms with Crippen LogP contribution in [0.3, 0.4) is 0 Å². The molecule has 0 aliphatic heterocycles. The molecule has 0 saturated heterocycles. The first-order valence-electron chi connectivity index (χ1n) is 9.57. The number of thioether (sulfide) groups is 1. The van der Waals surface area contributed by atoms with E-state index in [-0.39, 0.29) is 4.75 Å². The summed E-state index contributed by atoms with van der Waals surface area (Å²) in [5.74, 6) is 0.863. The standard InChI is InChI=1S/C22H27Cl2NOS/c1-2-3-14-25-16-22(26,18-6-10-20(24)11-7-18)21(12-13-21)27-15-17-4-8-19(23)9-5-17/h4-11,25-26H,2-3,12-16H2,1H3. The van der Waals surface area contributed by atoms with Crippen LogP contribution in [-0.2, 0) is 11.4 Å². The summed E-state index contributed by atoms with van der Waals surface area (Å²) in [5, 5.41) is 16.8. The average Bonchev–Trinajstić information content (AvgIpc) is 3.47. The number of nitrogens with one attached hydrogen (secondary N) is 1. The fourth-order valence-corrected chi connectivity index (χ4v) is 5.12. The van der Waals surface area contributed by atoms with E-state index in [4.69, 9.17) is 23.2 Å². The van der Waals surface area contributed by atoms with Crippen molar-refractivity contribution in [2.75, 3.05) is 13.1 Å². The van der Waals surface area contributed by atoms with E-state index in [1.807, 2.05) is 48.2 Å². The van der Waals surface area contributed by atoms with Crippen molar-refractivity contribution in [3.8, 4) is 0 Å². The summed E-state index contributed by atoms with van der Waals surface area (Å²) in [6.45, 7) is 3.66. The number of hydrogen-bond acceptors (Lipinski definition) is 3. The molecule has 1 unspecified atom stereocenters. The van der Waals surface area contributed by atoms with E-state index < -0.39 is 5.60 Å². The lowest BCUT2D eigenvalue weighted by Gasteiger charge is -2.37. The van der Waals surface area contributed by atoms with Crippen LogP contribution in [-0.4, -0.2) is 22.9 Å². The van der Waals surface area contributed by atoms with Crippen LogP contribution in [0.2, 0.25) is 10.0 Å². The van der Waals surface area contributed by atoms with E-state index in [0.29, 0.717) is 11.6 Å². The zero-order valence-corrected chi connectivity index (χ0v) is 18.0. The van der Waals surface area contributed by atoms with Gasteiger partial charge in [-0.15, -0.1) is 11.8 Å². The van der Waals surface area contributed by atoms with Gasteiger partial charge in [0, 0.05) is 22.3 Å². The fourth-order valence-electron chi connectivity index (χ4n) is 3.42. The molecule has 1 fully saturated rings. The van der Waals surface area contributed by atoms with Crippen LogP contribution in [0.4, 0.5) is 0 Å². The molecule has 27 heavy (non-hydrogen) atoms. The zero-order chi connectivity index (χ0) is 19.3. The van der Waals surface area contributed by atoms with Gasteiger partial charge in [-0.2, -0.15) is 0 Å². The summed E-state index contributed by atoms with van der Waals surface area (Å²) in [6, 6.07) is 15.6. The van der Waals surface area contributed by atoms with Gasteiger partial charge in [-0.05, 0) is 61.2 Å². The Kier molecular flexibility index (Phi) is 7.15. The highest BCUT2D eigenvalue weighted by Crippen LogP contribution is 2.60. The Morgan fingerprint density at radius 3 is 2.19 bits per heavy atom. The largest absolute Gasteiger partial charge is 0.382 e. The first-order valence-corrected chi connectivity index (χ1v) is 11.3. The number of hydrogen-bond donors (Lipinski definition) is 2. The lowest BCUT2D eigenvalue weighted by molar-refractivity contribution is 0.0265. The van der Waals surface area contributed by atoms with Crippen LogP contribution >= 0.6 is 35.0 Å². The maximum Gasteiger partial charge on any atom is 0.117 e. The minimum Gasteiger partial charge on any atom is -0.382 e. The van der Waals surface area contributed by atoms with Crippen molar-refractivity contribution < 1.29 is 5.11 Å². The summed E-state index contributed by atoms with van der Waals surface area (Å²) < 4.78 is -0.167. The zero-order valence-electron chi connectivity index (χ0n) is 15.7. The minimum absolute atomic E-state index is 0.167. The lowest BCUT2D eigenvalue weighted by Crippen LogP contribution is -2.48. The summed E-state index contributed by atoms with van der Waals surface area (Å²) in [5.41, 5.74) is 1.26. The molecule has 2 aromatic rings. The molecule has 1 aliphatic carbocycles. The number of aliphatic hydroxyl groups is 1. The number of unbranched alkanes of at least 4 members (excludes halogenated alkanes) is 1. The van der Waals surface area contributed by atoms with Crippen LogP contribution in [0.5, 0.6) is 0 Å². The molecule has 1 atom stereocenters. The summed E-state index contributed by atoms with van der Waals surface area (Å²) in [6.07, 6.45) is 4.28. The number of halogens is 2. The van der Waals surface area contributed by atoms with E-state index in [0.717, 1.165) is 48.6 Å². The van der Waals surface area contributed by atoms with E-state index in [1.54, 1.807) is 0 Å². The van der Waals surface area contributed by atoms with Gasteiger partial charge in [0.2, 0.25) is 0 Å². The Labute approximate surface area is 176 Å². The van der Waals surface area contributed by atoms with Gasteiger partial charge in [-0.25, -0.2) is 0 Å². The highest BCUT2D eigenvalue weighted by molar-refractivity contribution is 8.00. The second-order valence-electron chi connectivity index (χ2n) is 7.31. The van der Waals surface area contributed by atoms with Gasteiger partial charge in [0.15, 0.2) is 0 Å². The molecule has 1 saturated carbocycles. The first-order chi connectivity index (χ1) is 13.0. The normalized spacial score (nSPS) is 17.5. The molecule has 2 nitrogen and oxygen atoms in total. The van der Waals surface area contributed by atoms with E-state index in [2.05, 4.69) is 24.4 Å². The maximum absolute atomic E-state index is 11.8. The van der Waals surface area contributed by atoms with Crippen molar-refractivity contribution in [1.29, 1.82) is 0 Å². The Balaban J connectivity index is 1.77. The van der Waals surface area contributed by atoms with Crippen molar-refractivity contribution >= 4 is 35.0 Å². The molecule has 0 spiro atoms. The second kappa shape index (κ2) is 9.19. The highest BCUT2D eigenvalue weighted by Gasteiger charge is 2.59. The molecular weight excluding hydrogens is 397 g/mol. The third-order valence-electron chi connectivity index (χ3n) is 5.30. The molecule has 0 aromatic heterocycles. The molecule has 1 aliphatic rings. The molecule has 5 heteroatoms. The van der Waals surface area contributed by atoms with Gasteiger partial charge < -0.3 is 10.4 Å². The fraction of sp³-hybridized carbons (Fsp3) is 0.455. The minimum atomic E-state index is -0.914. The van der Waals surface area contributed by atoms with Gasteiger partial charge in [0.1, 0.15) is 5.60 Å². The molecule has 0 bridgehead atoms. The first kappa shape index (κ1) is 21.0. The van der Waals surface area contributed by atoms with Crippen LogP contribution in [0.15, 0.2) is 48.5 Å². The molecule has 0 radical (unpaired) electrons. The molecule has 2 N–H and O–H groups in total. The monoisotopic (exact) mass is 423 g/mol. The van der Waals surface area contributed by atoms with E-state index >= 15 is 0 Å². The summed E-state index contributed by atoms with van der Waals surface area (Å²) in [7, 11) is 0.